The standard InChI is InChI=1S/C25H31ClN4O2S/c1-15-4-6-17(7-5-15)29-22-9-8-18(33(27,32)25(26)10-11-25)13-19(22)21-14-30(3)24(31)23-20(21)12-16(2)28-23/h8-9,12-15,17,27-29H,4-7,10-11H2,1-3H3. The largest absolute Gasteiger partial charge is 0.382 e. The highest BCUT2D eigenvalue weighted by Gasteiger charge is 2.51. The van der Waals surface area contributed by atoms with Crippen molar-refractivity contribution in [2.24, 2.45) is 13.0 Å². The number of fused-ring (bicyclic) bond motifs is 1. The van der Waals surface area contributed by atoms with Crippen LogP contribution in [0.15, 0.2) is 40.2 Å². The minimum absolute atomic E-state index is 0.0873. The Labute approximate surface area is 199 Å². The highest BCUT2D eigenvalue weighted by atomic mass is 35.5. The predicted molar refractivity (Wildman–Crippen MR) is 136 cm³/mol. The van der Waals surface area contributed by atoms with E-state index >= 15 is 0 Å². The molecule has 2 aromatic heterocycles. The van der Waals surface area contributed by atoms with E-state index in [0.29, 0.717) is 29.3 Å². The maximum Gasteiger partial charge on any atom is 0.274 e. The van der Waals surface area contributed by atoms with E-state index in [1.807, 2.05) is 31.3 Å². The summed E-state index contributed by atoms with van der Waals surface area (Å²) in [5.74, 6) is 0.752. The SMILES string of the molecule is Cc1cc2c(-c3cc(S(=N)(=O)C4(Cl)CC4)ccc3NC3CCC(C)CC3)cn(C)c(=O)c2[nH]1. The molecular formula is C25H31ClN4O2S. The Kier molecular flexibility index (Phi) is 5.40. The topological polar surface area (TPSA) is 90.7 Å². The summed E-state index contributed by atoms with van der Waals surface area (Å²) < 4.78 is 22.7. The summed E-state index contributed by atoms with van der Waals surface area (Å²) >= 11 is 6.49. The van der Waals surface area contributed by atoms with E-state index in [1.165, 1.54) is 12.8 Å². The molecule has 0 aliphatic heterocycles. The molecule has 1 atom stereocenters. The molecule has 3 N–H and O–H groups in total. The van der Waals surface area contributed by atoms with Gasteiger partial charge in [0, 0.05) is 52.1 Å². The van der Waals surface area contributed by atoms with Gasteiger partial charge in [0.25, 0.3) is 5.56 Å². The molecular weight excluding hydrogens is 456 g/mol. The van der Waals surface area contributed by atoms with E-state index in [9.17, 15) is 9.00 Å². The van der Waals surface area contributed by atoms with Gasteiger partial charge in [0.1, 0.15) is 9.72 Å². The Morgan fingerprint density at radius 3 is 2.55 bits per heavy atom. The molecule has 2 heterocycles. The third kappa shape index (κ3) is 3.89. The first kappa shape index (κ1) is 22.5. The molecule has 2 aliphatic carbocycles. The number of aromatic amines is 1. The van der Waals surface area contributed by atoms with E-state index in [0.717, 1.165) is 46.7 Å². The van der Waals surface area contributed by atoms with E-state index in [4.69, 9.17) is 16.4 Å². The van der Waals surface area contributed by atoms with Gasteiger partial charge >= 0.3 is 0 Å². The fourth-order valence-electron chi connectivity index (χ4n) is 4.96. The van der Waals surface area contributed by atoms with Gasteiger partial charge in [-0.2, -0.15) is 0 Å². The molecule has 6 nitrogen and oxygen atoms in total. The lowest BCUT2D eigenvalue weighted by Gasteiger charge is -2.29. The van der Waals surface area contributed by atoms with E-state index in [2.05, 4.69) is 17.2 Å². The van der Waals surface area contributed by atoms with Gasteiger partial charge in [0.05, 0.1) is 9.73 Å². The fourth-order valence-corrected chi connectivity index (χ4v) is 6.96. The molecule has 0 radical (unpaired) electrons. The quantitative estimate of drug-likeness (QED) is 0.388. The van der Waals surface area contributed by atoms with Gasteiger partial charge in [0.15, 0.2) is 0 Å². The van der Waals surface area contributed by atoms with Crippen LogP contribution in [0.1, 0.15) is 51.1 Å². The van der Waals surface area contributed by atoms with Gasteiger partial charge in [-0.25, -0.2) is 8.99 Å². The lowest BCUT2D eigenvalue weighted by atomic mass is 9.87. The van der Waals surface area contributed by atoms with Crippen molar-refractivity contribution in [3.8, 4) is 11.1 Å². The molecule has 2 fully saturated rings. The number of halogens is 1. The van der Waals surface area contributed by atoms with Crippen LogP contribution in [0, 0.1) is 17.6 Å². The van der Waals surface area contributed by atoms with Crippen molar-refractivity contribution in [1.29, 1.82) is 4.78 Å². The van der Waals surface area contributed by atoms with Gasteiger partial charge in [-0.1, -0.05) is 6.92 Å². The Balaban J connectivity index is 1.68. The lowest BCUT2D eigenvalue weighted by Crippen LogP contribution is -2.25. The molecule has 0 saturated heterocycles. The monoisotopic (exact) mass is 486 g/mol. The first-order chi connectivity index (χ1) is 15.6. The molecule has 3 aromatic rings. The van der Waals surface area contributed by atoms with E-state index in [-0.39, 0.29) is 5.56 Å². The van der Waals surface area contributed by atoms with Crippen LogP contribution in [0.2, 0.25) is 0 Å². The van der Waals surface area contributed by atoms with Crippen LogP contribution in [0.25, 0.3) is 22.0 Å². The molecule has 2 aliphatic rings. The number of aryl methyl sites for hydroxylation is 2. The van der Waals surface area contributed by atoms with Gasteiger partial charge in [-0.3, -0.25) is 4.79 Å². The fraction of sp³-hybridized carbons (Fsp3) is 0.480. The average molecular weight is 487 g/mol. The number of alkyl halides is 1. The van der Waals surface area contributed by atoms with Gasteiger partial charge in [-0.15, -0.1) is 11.6 Å². The van der Waals surface area contributed by atoms with Crippen LogP contribution in [-0.2, 0) is 16.8 Å². The molecule has 0 spiro atoms. The summed E-state index contributed by atoms with van der Waals surface area (Å²) in [5, 5.41) is 4.55. The smallest absolute Gasteiger partial charge is 0.274 e. The molecule has 33 heavy (non-hydrogen) atoms. The third-order valence-electron chi connectivity index (χ3n) is 7.25. The number of hydrogen-bond donors (Lipinski definition) is 3. The summed E-state index contributed by atoms with van der Waals surface area (Å²) in [6, 6.07) is 7.93. The second kappa shape index (κ2) is 7.91. The summed E-state index contributed by atoms with van der Waals surface area (Å²) in [5.41, 5.74) is 4.04. The zero-order chi connectivity index (χ0) is 23.5. The number of hydrogen-bond acceptors (Lipinski definition) is 4. The van der Waals surface area contributed by atoms with E-state index in [1.54, 1.807) is 17.7 Å². The van der Waals surface area contributed by atoms with Crippen LogP contribution >= 0.6 is 11.6 Å². The van der Waals surface area contributed by atoms with Crippen molar-refractivity contribution in [2.75, 3.05) is 5.32 Å². The van der Waals surface area contributed by atoms with Crippen LogP contribution in [0.3, 0.4) is 0 Å². The number of benzene rings is 1. The first-order valence-corrected chi connectivity index (χ1v) is 13.6. The second-order valence-electron chi connectivity index (χ2n) is 9.95. The number of rotatable bonds is 5. The Morgan fingerprint density at radius 2 is 1.88 bits per heavy atom. The highest BCUT2D eigenvalue weighted by molar-refractivity contribution is 7.95. The highest BCUT2D eigenvalue weighted by Crippen LogP contribution is 2.51. The third-order valence-corrected chi connectivity index (χ3v) is 10.6. The molecule has 2 saturated carbocycles. The van der Waals surface area contributed by atoms with Crippen molar-refractivity contribution in [1.82, 2.24) is 9.55 Å². The number of pyridine rings is 1. The number of H-pyrrole nitrogens is 1. The number of anilines is 1. The minimum atomic E-state index is -3.16. The summed E-state index contributed by atoms with van der Waals surface area (Å²) in [6.45, 7) is 4.24. The Bertz CT molecular complexity index is 1390. The maximum atomic E-state index is 13.4. The molecule has 0 bridgehead atoms. The number of nitrogens with zero attached hydrogens (tertiary/aromatic N) is 1. The van der Waals surface area contributed by atoms with Crippen molar-refractivity contribution in [3.05, 3.63) is 46.5 Å². The second-order valence-corrected chi connectivity index (χ2v) is 13.3. The van der Waals surface area contributed by atoms with Gasteiger partial charge < -0.3 is 14.9 Å². The first-order valence-electron chi connectivity index (χ1n) is 11.7. The summed E-state index contributed by atoms with van der Waals surface area (Å²) in [7, 11) is -1.42. The van der Waals surface area contributed by atoms with Crippen LogP contribution < -0.4 is 10.9 Å². The lowest BCUT2D eigenvalue weighted by molar-refractivity contribution is 0.361. The molecule has 176 valence electrons. The van der Waals surface area contributed by atoms with Crippen molar-refractivity contribution < 1.29 is 4.21 Å². The normalized spacial score (nSPS) is 23.9. The van der Waals surface area contributed by atoms with Crippen molar-refractivity contribution in [2.45, 2.75) is 67.5 Å². The summed E-state index contributed by atoms with van der Waals surface area (Å²) in [4.78, 5) is 16.4. The molecule has 0 amide bonds. The average Bonchev–Trinajstić information content (AvgIpc) is 3.42. The number of nitrogens with one attached hydrogen (secondary N) is 3. The maximum absolute atomic E-state index is 13.4. The molecule has 1 unspecified atom stereocenters. The Hall–Kier alpha value is -2.25. The van der Waals surface area contributed by atoms with Crippen molar-refractivity contribution in [3.63, 3.8) is 0 Å². The Morgan fingerprint density at radius 1 is 1.18 bits per heavy atom. The van der Waals surface area contributed by atoms with Gasteiger partial charge in [-0.05, 0) is 75.6 Å². The van der Waals surface area contributed by atoms with Crippen LogP contribution in [-0.4, -0.2) is 24.0 Å². The number of aromatic nitrogens is 2. The van der Waals surface area contributed by atoms with Crippen molar-refractivity contribution >= 4 is 37.9 Å². The zero-order valence-electron chi connectivity index (χ0n) is 19.3. The van der Waals surface area contributed by atoms with Crippen LogP contribution in [0.5, 0.6) is 0 Å². The molecule has 1 aromatic carbocycles. The predicted octanol–water partition coefficient (Wildman–Crippen LogP) is 5.97. The minimum Gasteiger partial charge on any atom is -0.382 e. The molecule has 5 rings (SSSR count). The summed E-state index contributed by atoms with van der Waals surface area (Å²) in [6.07, 6.45) is 7.62. The van der Waals surface area contributed by atoms with Gasteiger partial charge in [0.2, 0.25) is 0 Å². The van der Waals surface area contributed by atoms with E-state index < -0.39 is 13.9 Å². The molecule has 8 heteroatoms. The van der Waals surface area contributed by atoms with Crippen LogP contribution in [0.4, 0.5) is 5.69 Å². The zero-order valence-corrected chi connectivity index (χ0v) is 20.9.